The minimum absolute atomic E-state index is 0. The van der Waals surface area contributed by atoms with Crippen molar-refractivity contribution in [1.29, 1.82) is 0 Å². The molecule has 0 aromatic rings. The second-order valence-corrected chi connectivity index (χ2v) is 12.0. The van der Waals surface area contributed by atoms with Crippen LogP contribution >= 0.6 is 0 Å². The molecule has 0 saturated heterocycles. The summed E-state index contributed by atoms with van der Waals surface area (Å²) in [5.74, 6) is -0.560. The van der Waals surface area contributed by atoms with E-state index < -0.39 is 34.5 Å². The van der Waals surface area contributed by atoms with Crippen LogP contribution in [0.3, 0.4) is 0 Å². The fourth-order valence-electron chi connectivity index (χ4n) is 4.41. The van der Waals surface area contributed by atoms with Crippen LogP contribution in [0.15, 0.2) is 4.99 Å². The van der Waals surface area contributed by atoms with Crippen molar-refractivity contribution >= 4 is 34.3 Å². The Morgan fingerprint density at radius 2 is 1.30 bits per heavy atom. The number of rotatable bonds is 29. The molecule has 0 fully saturated rings. The first-order valence-electron chi connectivity index (χ1n) is 16.6. The number of unbranched alkanes of at least 4 members (excludes halogenated alkanes) is 12. The van der Waals surface area contributed by atoms with Gasteiger partial charge in [0.2, 0.25) is 0 Å². The van der Waals surface area contributed by atoms with Gasteiger partial charge in [0.05, 0.1) is 13.2 Å². The van der Waals surface area contributed by atoms with Crippen LogP contribution in [0.1, 0.15) is 123 Å². The van der Waals surface area contributed by atoms with Gasteiger partial charge in [-0.25, -0.2) is 18.6 Å². The molecule has 0 heterocycles. The Morgan fingerprint density at radius 1 is 0.761 bits per heavy atom. The number of aliphatic imine (C=N–C) groups is 1. The first-order valence-corrected chi connectivity index (χ1v) is 18.0. The third kappa shape index (κ3) is 32.3. The van der Waals surface area contributed by atoms with Crippen molar-refractivity contribution in [2.75, 3.05) is 39.4 Å². The largest absolute Gasteiger partial charge is 1.00 e. The third-order valence-corrected chi connectivity index (χ3v) is 7.32. The van der Waals surface area contributed by atoms with E-state index in [-0.39, 0.29) is 55.2 Å². The van der Waals surface area contributed by atoms with Crippen LogP contribution in [-0.4, -0.2) is 82.3 Å². The van der Waals surface area contributed by atoms with Crippen molar-refractivity contribution < 1.29 is 70.9 Å². The van der Waals surface area contributed by atoms with Gasteiger partial charge in [0, 0.05) is 26.2 Å². The number of nitrogens with zero attached hydrogens (tertiary/aromatic N) is 1. The van der Waals surface area contributed by atoms with Gasteiger partial charge in [0.1, 0.15) is 6.04 Å². The molecule has 0 rings (SSSR count). The molecule has 5 N–H and O–H groups in total. The Hall–Kier alpha value is -1.65. The Balaban J connectivity index is 0. The predicted octanol–water partition coefficient (Wildman–Crippen LogP) is 0.750. The van der Waals surface area contributed by atoms with E-state index in [9.17, 15) is 27.9 Å². The average Bonchev–Trinajstić information content (AvgIpc) is 2.98. The van der Waals surface area contributed by atoms with E-state index in [1.807, 2.05) is 0 Å². The number of hydrogen-bond acceptors (Lipinski definition) is 9. The Labute approximate surface area is 298 Å². The second kappa shape index (κ2) is 31.9. The molecule has 264 valence electrons. The predicted molar refractivity (Wildman–Crippen MR) is 172 cm³/mol. The van der Waals surface area contributed by atoms with Crippen molar-refractivity contribution in [3.8, 4) is 0 Å². The number of carbonyl (C=O) groups is 3. The molecule has 0 bridgehead atoms. The van der Waals surface area contributed by atoms with Gasteiger partial charge in [-0.05, 0) is 57.8 Å². The van der Waals surface area contributed by atoms with Gasteiger partial charge in [0.15, 0.2) is 0 Å². The first-order chi connectivity index (χ1) is 21.6. The average molecular weight is 688 g/mol. The van der Waals surface area contributed by atoms with Gasteiger partial charge in [-0.15, -0.1) is 0 Å². The quantitative estimate of drug-likeness (QED) is 0.0188. The van der Waals surface area contributed by atoms with E-state index >= 15 is 0 Å². The number of amides is 4. The molecule has 0 unspecified atom stereocenters. The van der Waals surface area contributed by atoms with Crippen LogP contribution < -0.4 is 55.9 Å². The minimum atomic E-state index is -4.52. The summed E-state index contributed by atoms with van der Waals surface area (Å²) < 4.78 is 38.5. The van der Waals surface area contributed by atoms with Crippen LogP contribution in [0.25, 0.3) is 0 Å². The molecule has 4 amide bonds. The first kappa shape index (κ1) is 46.5. The van der Waals surface area contributed by atoms with Gasteiger partial charge in [-0.1, -0.05) is 71.1 Å². The van der Waals surface area contributed by atoms with Crippen LogP contribution in [0.2, 0.25) is 0 Å². The van der Waals surface area contributed by atoms with Crippen molar-refractivity contribution in [2.24, 2.45) is 4.99 Å². The summed E-state index contributed by atoms with van der Waals surface area (Å²) in [6.07, 6.45) is 16.0. The summed E-state index contributed by atoms with van der Waals surface area (Å²) in [7, 11) is -4.52. The summed E-state index contributed by atoms with van der Waals surface area (Å²) in [5, 5.41) is 22.5. The maximum absolute atomic E-state index is 12.3. The molecule has 0 aliphatic heterocycles. The summed E-state index contributed by atoms with van der Waals surface area (Å²) >= 11 is 0. The number of hydrogen-bond donors (Lipinski definition) is 5. The van der Waals surface area contributed by atoms with Gasteiger partial charge in [-0.3, -0.25) is 4.55 Å². The molecular formula is C30H58N5NaO9S. The van der Waals surface area contributed by atoms with Crippen molar-refractivity contribution in [3.05, 3.63) is 0 Å². The van der Waals surface area contributed by atoms with E-state index in [0.717, 1.165) is 25.7 Å². The summed E-state index contributed by atoms with van der Waals surface area (Å²) in [4.78, 5) is 40.4. The zero-order valence-electron chi connectivity index (χ0n) is 28.4. The van der Waals surface area contributed by atoms with Gasteiger partial charge in [-0.2, -0.15) is 8.42 Å². The number of nitrogens with one attached hydrogen (secondary N) is 4. The van der Waals surface area contributed by atoms with E-state index in [2.05, 4.69) is 37.4 Å². The Morgan fingerprint density at radius 3 is 1.89 bits per heavy atom. The van der Waals surface area contributed by atoms with Crippen LogP contribution in [0, 0.1) is 0 Å². The number of urea groups is 2. The smallest absolute Gasteiger partial charge is 0.862 e. The molecule has 46 heavy (non-hydrogen) atoms. The minimum Gasteiger partial charge on any atom is -0.862 e. The molecule has 0 radical (unpaired) electrons. The maximum Gasteiger partial charge on any atom is 1.00 e. The molecule has 0 aromatic carbocycles. The van der Waals surface area contributed by atoms with Crippen LogP contribution in [-0.2, 0) is 24.1 Å². The zero-order valence-corrected chi connectivity index (χ0v) is 31.2. The SMILES string of the molecule is CCCCCCCCCCCC([O-])=NCCCC[C@H](NC(=O)NCCCCCCNC(=O)NCCOS(=O)(=O)O)C(=O)OCC.[Na+]. The molecule has 14 nitrogen and oxygen atoms in total. The van der Waals surface area contributed by atoms with Crippen LogP contribution in [0.4, 0.5) is 9.59 Å². The van der Waals surface area contributed by atoms with Crippen molar-refractivity contribution in [3.63, 3.8) is 0 Å². The standard InChI is InChI=1S/C30H59N5O9S.Na/c1-3-5-6-7-8-9-10-11-14-20-27(36)31-21-18-15-19-26(28(37)43-4-2)35-30(39)33-23-17-13-12-16-22-32-29(38)34-24-25-44-45(40,41)42;/h26H,3-25H2,1-2H3,(H,31,36)(H2,32,34,38)(H2,33,35,39)(H,40,41,42);/q;+1/p-1/t26-;/m0./s1. The van der Waals surface area contributed by atoms with E-state index in [1.54, 1.807) is 6.92 Å². The molecular weight excluding hydrogens is 629 g/mol. The van der Waals surface area contributed by atoms with E-state index in [1.165, 1.54) is 44.9 Å². The summed E-state index contributed by atoms with van der Waals surface area (Å²) in [5.41, 5.74) is 0. The molecule has 0 aliphatic rings. The molecule has 0 aromatic heterocycles. The van der Waals surface area contributed by atoms with Gasteiger partial charge < -0.3 is 36.1 Å². The van der Waals surface area contributed by atoms with Crippen LogP contribution in [0.5, 0.6) is 0 Å². The molecule has 0 spiro atoms. The van der Waals surface area contributed by atoms with Gasteiger partial charge in [0.25, 0.3) is 0 Å². The Kier molecular flexibility index (Phi) is 32.2. The zero-order chi connectivity index (χ0) is 33.6. The molecule has 1 atom stereocenters. The monoisotopic (exact) mass is 687 g/mol. The fraction of sp³-hybridized carbons (Fsp3) is 0.867. The number of ether oxygens (including phenoxy) is 1. The molecule has 0 aliphatic carbocycles. The van der Waals surface area contributed by atoms with E-state index in [0.29, 0.717) is 58.2 Å². The number of esters is 1. The second-order valence-electron chi connectivity index (χ2n) is 10.9. The summed E-state index contributed by atoms with van der Waals surface area (Å²) in [6.45, 7) is 4.93. The van der Waals surface area contributed by atoms with E-state index in [4.69, 9.17) is 9.29 Å². The van der Waals surface area contributed by atoms with Crippen molar-refractivity contribution in [1.82, 2.24) is 21.3 Å². The topological polar surface area (TPSA) is 208 Å². The third-order valence-electron chi connectivity index (χ3n) is 6.85. The molecule has 0 saturated carbocycles. The van der Waals surface area contributed by atoms with Gasteiger partial charge >= 0.3 is 58.0 Å². The maximum atomic E-state index is 12.3. The normalized spacial score (nSPS) is 12.1. The Bertz CT molecular complexity index is 926. The van der Waals surface area contributed by atoms with Crippen molar-refractivity contribution in [2.45, 2.75) is 129 Å². The fourth-order valence-corrected chi connectivity index (χ4v) is 4.71. The number of carbonyl (C=O) groups excluding carboxylic acids is 3. The summed E-state index contributed by atoms with van der Waals surface area (Å²) in [6, 6.07) is -1.71. The molecule has 16 heteroatoms.